The van der Waals surface area contributed by atoms with Gasteiger partial charge in [0.2, 0.25) is 5.91 Å². The van der Waals surface area contributed by atoms with Gasteiger partial charge in [-0.3, -0.25) is 9.59 Å². The molecule has 5 nitrogen and oxygen atoms in total. The summed E-state index contributed by atoms with van der Waals surface area (Å²) in [5, 5.41) is 3.89. The molecule has 7 heteroatoms. The van der Waals surface area contributed by atoms with E-state index in [1.807, 2.05) is 40.7 Å². The molecular formula is C25H32Cl2N2O3. The highest BCUT2D eigenvalue weighted by molar-refractivity contribution is 6.35. The Morgan fingerprint density at radius 1 is 1.09 bits per heavy atom. The van der Waals surface area contributed by atoms with Gasteiger partial charge in [-0.25, -0.2) is 0 Å². The Morgan fingerprint density at radius 2 is 1.78 bits per heavy atom. The minimum atomic E-state index is -0.702. The lowest BCUT2D eigenvalue weighted by Gasteiger charge is -2.30. The van der Waals surface area contributed by atoms with Crippen LogP contribution in [0.3, 0.4) is 0 Å². The molecule has 2 aromatic rings. The molecule has 174 valence electrons. The van der Waals surface area contributed by atoms with Gasteiger partial charge in [-0.1, -0.05) is 42.3 Å². The normalized spacial score (nSPS) is 12.8. The summed E-state index contributed by atoms with van der Waals surface area (Å²) >= 11 is 12.4. The van der Waals surface area contributed by atoms with E-state index >= 15 is 0 Å². The van der Waals surface area contributed by atoms with Crippen LogP contribution < -0.4 is 10.1 Å². The van der Waals surface area contributed by atoms with Gasteiger partial charge in [-0.2, -0.15) is 0 Å². The summed E-state index contributed by atoms with van der Waals surface area (Å²) in [6, 6.07) is 8.39. The van der Waals surface area contributed by atoms with Crippen LogP contribution in [-0.2, 0) is 16.1 Å². The molecule has 0 unspecified atom stereocenters. The van der Waals surface area contributed by atoms with Gasteiger partial charge in [0.15, 0.2) is 6.61 Å². The van der Waals surface area contributed by atoms with Crippen LogP contribution in [0.25, 0.3) is 0 Å². The monoisotopic (exact) mass is 478 g/mol. The number of carbonyl (C=O) groups is 2. The van der Waals surface area contributed by atoms with Crippen LogP contribution in [0.1, 0.15) is 49.4 Å². The molecule has 2 rings (SSSR count). The second kappa shape index (κ2) is 11.6. The molecule has 0 bridgehead atoms. The first-order valence-electron chi connectivity index (χ1n) is 10.8. The molecule has 0 aliphatic carbocycles. The van der Waals surface area contributed by atoms with E-state index in [2.05, 4.69) is 11.4 Å². The number of halogens is 2. The molecule has 0 aliphatic heterocycles. The molecule has 0 saturated carbocycles. The lowest BCUT2D eigenvalue weighted by atomic mass is 10.1. The van der Waals surface area contributed by atoms with Crippen LogP contribution in [0.5, 0.6) is 5.75 Å². The number of aryl methyl sites for hydroxylation is 2. The molecule has 1 N–H and O–H groups in total. The number of carbonyl (C=O) groups excluding carboxylic acids is 2. The number of hydrogen-bond donors (Lipinski definition) is 1. The number of nitrogens with one attached hydrogen (secondary N) is 1. The highest BCUT2D eigenvalue weighted by Gasteiger charge is 2.28. The lowest BCUT2D eigenvalue weighted by Crippen LogP contribution is -2.50. The van der Waals surface area contributed by atoms with Gasteiger partial charge < -0.3 is 15.0 Å². The maximum atomic E-state index is 13.2. The molecule has 0 fully saturated rings. The molecule has 0 spiro atoms. The van der Waals surface area contributed by atoms with Crippen LogP contribution in [0.4, 0.5) is 0 Å². The highest BCUT2D eigenvalue weighted by atomic mass is 35.5. The van der Waals surface area contributed by atoms with E-state index < -0.39 is 6.04 Å². The maximum absolute atomic E-state index is 13.2. The van der Waals surface area contributed by atoms with Crippen molar-refractivity contribution in [2.24, 2.45) is 0 Å². The number of amides is 2. The van der Waals surface area contributed by atoms with Crippen molar-refractivity contribution in [1.82, 2.24) is 10.2 Å². The van der Waals surface area contributed by atoms with Crippen LogP contribution in [0.2, 0.25) is 10.0 Å². The minimum absolute atomic E-state index is 0.00944. The number of nitrogens with zero attached hydrogens (tertiary/aromatic N) is 1. The predicted molar refractivity (Wildman–Crippen MR) is 131 cm³/mol. The summed E-state index contributed by atoms with van der Waals surface area (Å²) in [5.74, 6) is 0.138. The van der Waals surface area contributed by atoms with Crippen molar-refractivity contribution in [3.05, 3.63) is 62.6 Å². The first kappa shape index (κ1) is 26.0. The standard InChI is InChI=1S/C25H32Cl2N2O3/c1-7-17(4)28-25(31)19(6)29(13-20-8-9-21(26)12-22(20)27)24(30)14-32-23-11-15(2)10-16(3)18(23)5/h8-12,17,19H,7,13-14H2,1-6H3,(H,28,31)/t17-,19-/m0/s1. The maximum Gasteiger partial charge on any atom is 0.261 e. The molecule has 0 heterocycles. The fourth-order valence-electron chi connectivity index (χ4n) is 3.25. The van der Waals surface area contributed by atoms with Crippen molar-refractivity contribution in [3.63, 3.8) is 0 Å². The Labute approximate surface area is 201 Å². The van der Waals surface area contributed by atoms with Crippen LogP contribution >= 0.6 is 23.2 Å². The van der Waals surface area contributed by atoms with E-state index in [1.165, 1.54) is 4.90 Å². The smallest absolute Gasteiger partial charge is 0.261 e. The number of hydrogen-bond acceptors (Lipinski definition) is 3. The van der Waals surface area contributed by atoms with Crippen molar-refractivity contribution in [2.45, 2.75) is 66.6 Å². The summed E-state index contributed by atoms with van der Waals surface area (Å²) < 4.78 is 5.88. The third-order valence-corrected chi connectivity index (χ3v) is 6.23. The SMILES string of the molecule is CC[C@H](C)NC(=O)[C@H](C)N(Cc1ccc(Cl)cc1Cl)C(=O)COc1cc(C)cc(C)c1C. The van der Waals surface area contributed by atoms with Crippen molar-refractivity contribution in [1.29, 1.82) is 0 Å². The van der Waals surface area contributed by atoms with Gasteiger partial charge >= 0.3 is 0 Å². The molecule has 0 saturated heterocycles. The molecular weight excluding hydrogens is 447 g/mol. The topological polar surface area (TPSA) is 58.6 Å². The number of ether oxygens (including phenoxy) is 1. The summed E-state index contributed by atoms with van der Waals surface area (Å²) in [6.45, 7) is 11.6. The fraction of sp³-hybridized carbons (Fsp3) is 0.440. The molecule has 0 radical (unpaired) electrons. The van der Waals surface area contributed by atoms with Crippen molar-refractivity contribution < 1.29 is 14.3 Å². The van der Waals surface area contributed by atoms with E-state index in [0.29, 0.717) is 21.4 Å². The Hall–Kier alpha value is -2.24. The second-order valence-corrected chi connectivity index (χ2v) is 9.09. The second-order valence-electron chi connectivity index (χ2n) is 8.24. The third kappa shape index (κ3) is 6.88. The number of benzene rings is 2. The van der Waals surface area contributed by atoms with Crippen LogP contribution in [-0.4, -0.2) is 35.4 Å². The van der Waals surface area contributed by atoms with Gasteiger partial charge in [-0.05, 0) is 81.5 Å². The molecule has 2 atom stereocenters. The minimum Gasteiger partial charge on any atom is -0.483 e. The fourth-order valence-corrected chi connectivity index (χ4v) is 3.72. The van der Waals surface area contributed by atoms with Gasteiger partial charge in [0.1, 0.15) is 11.8 Å². The average Bonchev–Trinajstić information content (AvgIpc) is 2.73. The summed E-state index contributed by atoms with van der Waals surface area (Å²) in [7, 11) is 0. The predicted octanol–water partition coefficient (Wildman–Crippen LogP) is 5.63. The quantitative estimate of drug-likeness (QED) is 0.507. The first-order chi connectivity index (χ1) is 15.0. The molecule has 2 aromatic carbocycles. The van der Waals surface area contributed by atoms with Crippen LogP contribution in [0.15, 0.2) is 30.3 Å². The molecule has 32 heavy (non-hydrogen) atoms. The highest BCUT2D eigenvalue weighted by Crippen LogP contribution is 2.25. The zero-order valence-electron chi connectivity index (χ0n) is 19.6. The van der Waals surface area contributed by atoms with Crippen molar-refractivity contribution in [3.8, 4) is 5.75 Å². The lowest BCUT2D eigenvalue weighted by molar-refractivity contribution is -0.142. The van der Waals surface area contributed by atoms with Gasteiger partial charge in [-0.15, -0.1) is 0 Å². The first-order valence-corrected chi connectivity index (χ1v) is 11.5. The van der Waals surface area contributed by atoms with Gasteiger partial charge in [0.05, 0.1) is 0 Å². The number of rotatable bonds is 9. The zero-order chi connectivity index (χ0) is 24.0. The largest absolute Gasteiger partial charge is 0.483 e. The van der Waals surface area contributed by atoms with E-state index in [4.69, 9.17) is 27.9 Å². The summed E-state index contributed by atoms with van der Waals surface area (Å²) in [5.41, 5.74) is 3.84. The van der Waals surface area contributed by atoms with Gasteiger partial charge in [0, 0.05) is 22.6 Å². The Kier molecular flexibility index (Phi) is 9.41. The molecule has 0 aliphatic rings. The van der Waals surface area contributed by atoms with E-state index in [-0.39, 0.29) is 31.0 Å². The van der Waals surface area contributed by atoms with Crippen molar-refractivity contribution in [2.75, 3.05) is 6.61 Å². The van der Waals surface area contributed by atoms with E-state index in [0.717, 1.165) is 23.1 Å². The van der Waals surface area contributed by atoms with E-state index in [1.54, 1.807) is 25.1 Å². The zero-order valence-corrected chi connectivity index (χ0v) is 21.1. The Bertz CT molecular complexity index is 978. The summed E-state index contributed by atoms with van der Waals surface area (Å²) in [4.78, 5) is 27.5. The van der Waals surface area contributed by atoms with Crippen molar-refractivity contribution >= 4 is 35.0 Å². The third-order valence-electron chi connectivity index (χ3n) is 5.64. The van der Waals surface area contributed by atoms with Crippen LogP contribution in [0, 0.1) is 20.8 Å². The molecule has 0 aromatic heterocycles. The van der Waals surface area contributed by atoms with Gasteiger partial charge in [0.25, 0.3) is 5.91 Å². The summed E-state index contributed by atoms with van der Waals surface area (Å²) in [6.07, 6.45) is 0.796. The van der Waals surface area contributed by atoms with E-state index in [9.17, 15) is 9.59 Å². The molecule has 2 amide bonds. The Balaban J connectivity index is 2.26. The average molecular weight is 479 g/mol. The Morgan fingerprint density at radius 3 is 2.41 bits per heavy atom.